The van der Waals surface area contributed by atoms with Gasteiger partial charge < -0.3 is 10.2 Å². The number of likely N-dealkylation sites (tertiary alicyclic amines) is 1. The molecule has 2 rings (SSSR count). The third kappa shape index (κ3) is 3.30. The normalized spacial score (nSPS) is 19.1. The minimum atomic E-state index is -0.449. The monoisotopic (exact) mass is 264 g/mol. The lowest BCUT2D eigenvalue weighted by atomic mass is 9.97. The maximum absolute atomic E-state index is 13.4. The van der Waals surface area contributed by atoms with Crippen LogP contribution in [0.15, 0.2) is 24.3 Å². The topological polar surface area (TPSA) is 49.4 Å². The van der Waals surface area contributed by atoms with Crippen LogP contribution in [0.2, 0.25) is 0 Å². The SMILES string of the molecule is CC(=O)N1CCCC(C(=O)Nc2ccccc2F)C1. The molecule has 1 aliphatic heterocycles. The van der Waals surface area contributed by atoms with Crippen LogP contribution in [0.3, 0.4) is 0 Å². The first-order chi connectivity index (χ1) is 9.08. The molecule has 1 saturated heterocycles. The molecule has 1 heterocycles. The van der Waals surface area contributed by atoms with E-state index in [0.29, 0.717) is 13.1 Å². The second kappa shape index (κ2) is 5.82. The number of nitrogens with one attached hydrogen (secondary N) is 1. The number of hydrogen-bond acceptors (Lipinski definition) is 2. The van der Waals surface area contributed by atoms with Crippen molar-refractivity contribution >= 4 is 17.5 Å². The van der Waals surface area contributed by atoms with Crippen LogP contribution >= 0.6 is 0 Å². The Kier molecular flexibility index (Phi) is 4.14. The molecule has 1 unspecified atom stereocenters. The molecule has 1 aliphatic rings. The zero-order valence-corrected chi connectivity index (χ0v) is 10.9. The lowest BCUT2D eigenvalue weighted by Gasteiger charge is -2.31. The van der Waals surface area contributed by atoms with E-state index in [4.69, 9.17) is 0 Å². The fourth-order valence-corrected chi connectivity index (χ4v) is 2.27. The molecule has 4 nitrogen and oxygen atoms in total. The third-order valence-corrected chi connectivity index (χ3v) is 3.37. The summed E-state index contributed by atoms with van der Waals surface area (Å²) < 4.78 is 13.4. The smallest absolute Gasteiger partial charge is 0.229 e. The average Bonchev–Trinajstić information content (AvgIpc) is 2.41. The molecule has 0 aromatic heterocycles. The van der Waals surface area contributed by atoms with Gasteiger partial charge in [-0.2, -0.15) is 0 Å². The summed E-state index contributed by atoms with van der Waals surface area (Å²) in [5, 5.41) is 2.59. The zero-order valence-electron chi connectivity index (χ0n) is 10.9. The number of para-hydroxylation sites is 1. The predicted octanol–water partition coefficient (Wildman–Crippen LogP) is 2.02. The van der Waals surface area contributed by atoms with Crippen LogP contribution in [-0.4, -0.2) is 29.8 Å². The van der Waals surface area contributed by atoms with Crippen LogP contribution < -0.4 is 5.32 Å². The van der Waals surface area contributed by atoms with E-state index >= 15 is 0 Å². The van der Waals surface area contributed by atoms with Crippen LogP contribution in [0.5, 0.6) is 0 Å². The van der Waals surface area contributed by atoms with E-state index in [-0.39, 0.29) is 23.4 Å². The lowest BCUT2D eigenvalue weighted by molar-refractivity contribution is -0.132. The fourth-order valence-electron chi connectivity index (χ4n) is 2.27. The first-order valence-corrected chi connectivity index (χ1v) is 6.39. The molecule has 0 radical (unpaired) electrons. The molecule has 1 aromatic carbocycles. The van der Waals surface area contributed by atoms with Gasteiger partial charge in [0.05, 0.1) is 11.6 Å². The summed E-state index contributed by atoms with van der Waals surface area (Å²) >= 11 is 0. The number of carbonyl (C=O) groups excluding carboxylic acids is 2. The van der Waals surface area contributed by atoms with Crippen molar-refractivity contribution in [3.8, 4) is 0 Å². The molecule has 0 saturated carbocycles. The summed E-state index contributed by atoms with van der Waals surface area (Å²) in [6.45, 7) is 2.60. The molecule has 19 heavy (non-hydrogen) atoms. The van der Waals surface area contributed by atoms with Crippen LogP contribution in [-0.2, 0) is 9.59 Å². The number of amides is 2. The molecule has 1 fully saturated rings. The molecular formula is C14H17FN2O2. The van der Waals surface area contributed by atoms with Gasteiger partial charge in [-0.05, 0) is 25.0 Å². The maximum atomic E-state index is 13.4. The van der Waals surface area contributed by atoms with Crippen molar-refractivity contribution in [1.82, 2.24) is 4.90 Å². The maximum Gasteiger partial charge on any atom is 0.229 e. The molecule has 1 N–H and O–H groups in total. The highest BCUT2D eigenvalue weighted by Crippen LogP contribution is 2.20. The summed E-state index contributed by atoms with van der Waals surface area (Å²) in [5.41, 5.74) is 0.187. The van der Waals surface area contributed by atoms with Gasteiger partial charge in [0.25, 0.3) is 0 Å². The molecule has 5 heteroatoms. The van der Waals surface area contributed by atoms with E-state index in [2.05, 4.69) is 5.32 Å². The van der Waals surface area contributed by atoms with Crippen LogP contribution in [0.1, 0.15) is 19.8 Å². The number of anilines is 1. The van der Waals surface area contributed by atoms with E-state index in [1.54, 1.807) is 17.0 Å². The largest absolute Gasteiger partial charge is 0.342 e. The van der Waals surface area contributed by atoms with E-state index < -0.39 is 5.82 Å². The van der Waals surface area contributed by atoms with Gasteiger partial charge in [-0.1, -0.05) is 12.1 Å². The number of rotatable bonds is 2. The van der Waals surface area contributed by atoms with Crippen LogP contribution in [0, 0.1) is 11.7 Å². The van der Waals surface area contributed by atoms with Gasteiger partial charge in [0, 0.05) is 20.0 Å². The van der Waals surface area contributed by atoms with Gasteiger partial charge in [-0.25, -0.2) is 4.39 Å². The Morgan fingerprint density at radius 3 is 2.79 bits per heavy atom. The predicted molar refractivity (Wildman–Crippen MR) is 70.0 cm³/mol. The third-order valence-electron chi connectivity index (χ3n) is 3.37. The minimum Gasteiger partial charge on any atom is -0.342 e. The van der Waals surface area contributed by atoms with Crippen molar-refractivity contribution < 1.29 is 14.0 Å². The summed E-state index contributed by atoms with van der Waals surface area (Å²) in [5.74, 6) is -0.966. The van der Waals surface area contributed by atoms with Crippen molar-refractivity contribution in [2.45, 2.75) is 19.8 Å². The van der Waals surface area contributed by atoms with Crippen molar-refractivity contribution in [1.29, 1.82) is 0 Å². The van der Waals surface area contributed by atoms with E-state index in [1.807, 2.05) is 0 Å². The van der Waals surface area contributed by atoms with Gasteiger partial charge >= 0.3 is 0 Å². The number of piperidine rings is 1. The molecule has 2 amide bonds. The Labute approximate surface area is 111 Å². The molecule has 1 atom stereocenters. The Balaban J connectivity index is 2.00. The molecule has 0 bridgehead atoms. The van der Waals surface area contributed by atoms with Gasteiger partial charge in [0.15, 0.2) is 0 Å². The first kappa shape index (κ1) is 13.5. The summed E-state index contributed by atoms with van der Waals surface area (Å²) in [6, 6.07) is 6.07. The highest BCUT2D eigenvalue weighted by Gasteiger charge is 2.27. The highest BCUT2D eigenvalue weighted by molar-refractivity contribution is 5.93. The van der Waals surface area contributed by atoms with E-state index in [1.165, 1.54) is 19.1 Å². The van der Waals surface area contributed by atoms with E-state index in [0.717, 1.165) is 12.8 Å². The number of benzene rings is 1. The van der Waals surface area contributed by atoms with Gasteiger partial charge in [-0.15, -0.1) is 0 Å². The Bertz CT molecular complexity index is 490. The molecule has 0 spiro atoms. The standard InChI is InChI=1S/C14H17FN2O2/c1-10(18)17-8-4-5-11(9-17)14(19)16-13-7-3-2-6-12(13)15/h2-3,6-7,11H,4-5,8-9H2,1H3,(H,16,19). The Morgan fingerprint density at radius 2 is 2.11 bits per heavy atom. The molecule has 1 aromatic rings. The fraction of sp³-hybridized carbons (Fsp3) is 0.429. The van der Waals surface area contributed by atoms with Crippen molar-refractivity contribution in [2.24, 2.45) is 5.92 Å². The van der Waals surface area contributed by atoms with Gasteiger partial charge in [0.1, 0.15) is 5.82 Å². The van der Waals surface area contributed by atoms with Gasteiger partial charge in [0.2, 0.25) is 11.8 Å². The lowest BCUT2D eigenvalue weighted by Crippen LogP contribution is -2.42. The first-order valence-electron chi connectivity index (χ1n) is 6.39. The van der Waals surface area contributed by atoms with Crippen molar-refractivity contribution in [3.63, 3.8) is 0 Å². The second-order valence-electron chi connectivity index (χ2n) is 4.77. The van der Waals surface area contributed by atoms with Crippen molar-refractivity contribution in [2.75, 3.05) is 18.4 Å². The Hall–Kier alpha value is -1.91. The van der Waals surface area contributed by atoms with Crippen molar-refractivity contribution in [3.05, 3.63) is 30.1 Å². The van der Waals surface area contributed by atoms with Crippen LogP contribution in [0.4, 0.5) is 10.1 Å². The molecule has 102 valence electrons. The average molecular weight is 264 g/mol. The van der Waals surface area contributed by atoms with Gasteiger partial charge in [-0.3, -0.25) is 9.59 Å². The Morgan fingerprint density at radius 1 is 1.37 bits per heavy atom. The summed E-state index contributed by atoms with van der Waals surface area (Å²) in [6.07, 6.45) is 1.53. The zero-order chi connectivity index (χ0) is 13.8. The second-order valence-corrected chi connectivity index (χ2v) is 4.77. The number of carbonyl (C=O) groups is 2. The summed E-state index contributed by atoms with van der Waals surface area (Å²) in [7, 11) is 0. The minimum absolute atomic E-state index is 0.0246. The van der Waals surface area contributed by atoms with E-state index in [9.17, 15) is 14.0 Å². The molecular weight excluding hydrogens is 247 g/mol. The highest BCUT2D eigenvalue weighted by atomic mass is 19.1. The summed E-state index contributed by atoms with van der Waals surface area (Å²) in [4.78, 5) is 25.0. The van der Waals surface area contributed by atoms with Crippen LogP contribution in [0.25, 0.3) is 0 Å². The number of halogens is 1. The molecule has 0 aliphatic carbocycles. The number of hydrogen-bond donors (Lipinski definition) is 1. The quantitative estimate of drug-likeness (QED) is 0.888. The number of nitrogens with zero attached hydrogens (tertiary/aromatic N) is 1.